The van der Waals surface area contributed by atoms with E-state index in [0.29, 0.717) is 18.8 Å². The molecule has 0 bridgehead atoms. The fraction of sp³-hybridized carbons (Fsp3) is 0.455. The van der Waals surface area contributed by atoms with Gasteiger partial charge in [-0.2, -0.15) is 16.1 Å². The molecule has 10 heteroatoms. The fourth-order valence-corrected chi connectivity index (χ4v) is 4.87. The molecule has 3 N–H and O–H groups in total. The number of nitro groups is 1. The quantitative estimate of drug-likeness (QED) is 0.480. The SMILES string of the molecule is CC1CN(S(=O)(=O)c2ccc(NN)c([N+](=O)[O-])c2)CCS1. The summed E-state index contributed by atoms with van der Waals surface area (Å²) in [5.41, 5.74) is 1.90. The van der Waals surface area contributed by atoms with Crippen LogP contribution in [0.15, 0.2) is 23.1 Å². The van der Waals surface area contributed by atoms with Crippen molar-refractivity contribution in [2.45, 2.75) is 17.1 Å². The minimum atomic E-state index is -3.73. The largest absolute Gasteiger partial charge is 0.318 e. The predicted octanol–water partition coefficient (Wildman–Crippen LogP) is 1.01. The molecule has 1 heterocycles. The molecule has 0 radical (unpaired) electrons. The number of rotatable bonds is 4. The summed E-state index contributed by atoms with van der Waals surface area (Å²) in [7, 11) is -3.73. The van der Waals surface area contributed by atoms with E-state index in [1.54, 1.807) is 11.8 Å². The monoisotopic (exact) mass is 332 g/mol. The number of nitro benzene ring substituents is 1. The lowest BCUT2D eigenvalue weighted by Crippen LogP contribution is -2.40. The Morgan fingerprint density at radius 2 is 2.24 bits per heavy atom. The van der Waals surface area contributed by atoms with Gasteiger partial charge in [-0.1, -0.05) is 6.92 Å². The van der Waals surface area contributed by atoms with Crippen molar-refractivity contribution in [1.82, 2.24) is 4.31 Å². The van der Waals surface area contributed by atoms with Gasteiger partial charge in [-0.05, 0) is 12.1 Å². The lowest BCUT2D eigenvalue weighted by Gasteiger charge is -2.29. The van der Waals surface area contributed by atoms with E-state index in [1.165, 1.54) is 16.4 Å². The standard InChI is InChI=1S/C11H16N4O4S2/c1-8-7-14(4-5-20-8)21(18,19)9-2-3-10(13-12)11(6-9)15(16)17/h2-3,6,8,13H,4-5,7,12H2,1H3. The Morgan fingerprint density at radius 1 is 1.52 bits per heavy atom. The summed E-state index contributed by atoms with van der Waals surface area (Å²) in [6.07, 6.45) is 0. The van der Waals surface area contributed by atoms with Crippen LogP contribution in [0.25, 0.3) is 0 Å². The van der Waals surface area contributed by atoms with Gasteiger partial charge in [-0.3, -0.25) is 16.0 Å². The number of nitrogens with one attached hydrogen (secondary N) is 1. The summed E-state index contributed by atoms with van der Waals surface area (Å²) in [5, 5.41) is 11.2. The van der Waals surface area contributed by atoms with Gasteiger partial charge in [0.1, 0.15) is 5.69 Å². The number of nitrogens with zero attached hydrogens (tertiary/aromatic N) is 2. The molecule has 0 aromatic heterocycles. The molecule has 21 heavy (non-hydrogen) atoms. The van der Waals surface area contributed by atoms with Crippen LogP contribution in [0.2, 0.25) is 0 Å². The Labute approximate surface area is 126 Å². The van der Waals surface area contributed by atoms with Crippen LogP contribution in [0, 0.1) is 10.1 Å². The average molecular weight is 332 g/mol. The molecule has 0 aliphatic carbocycles. The molecule has 0 amide bonds. The molecule has 1 aliphatic heterocycles. The van der Waals surface area contributed by atoms with Gasteiger partial charge >= 0.3 is 0 Å². The molecule has 1 saturated heterocycles. The summed E-state index contributed by atoms with van der Waals surface area (Å²) in [6.45, 7) is 2.76. The highest BCUT2D eigenvalue weighted by Crippen LogP contribution is 2.30. The fourth-order valence-electron chi connectivity index (χ4n) is 2.10. The summed E-state index contributed by atoms with van der Waals surface area (Å²) in [6, 6.07) is 3.66. The van der Waals surface area contributed by atoms with Gasteiger partial charge in [0.25, 0.3) is 5.69 Å². The zero-order valence-corrected chi connectivity index (χ0v) is 13.0. The lowest BCUT2D eigenvalue weighted by molar-refractivity contribution is -0.384. The molecule has 1 aliphatic rings. The van der Waals surface area contributed by atoms with E-state index in [9.17, 15) is 18.5 Å². The van der Waals surface area contributed by atoms with Crippen molar-refractivity contribution in [2.24, 2.45) is 5.84 Å². The van der Waals surface area contributed by atoms with Crippen LogP contribution in [-0.2, 0) is 10.0 Å². The molecule has 1 unspecified atom stereocenters. The molecule has 0 saturated carbocycles. The predicted molar refractivity (Wildman–Crippen MR) is 81.6 cm³/mol. The number of hydrogen-bond acceptors (Lipinski definition) is 7. The van der Waals surface area contributed by atoms with Crippen molar-refractivity contribution in [1.29, 1.82) is 0 Å². The Balaban J connectivity index is 2.40. The molecule has 1 aromatic carbocycles. The number of anilines is 1. The summed E-state index contributed by atoms with van der Waals surface area (Å²) in [4.78, 5) is 10.2. The molecular formula is C11H16N4O4S2. The zero-order chi connectivity index (χ0) is 15.6. The van der Waals surface area contributed by atoms with Gasteiger partial charge in [0.15, 0.2) is 0 Å². The Kier molecular flexibility index (Phi) is 4.71. The zero-order valence-electron chi connectivity index (χ0n) is 11.4. The van der Waals surface area contributed by atoms with E-state index >= 15 is 0 Å². The summed E-state index contributed by atoms with van der Waals surface area (Å²) < 4.78 is 26.5. The van der Waals surface area contributed by atoms with Crippen LogP contribution in [0.4, 0.5) is 11.4 Å². The number of sulfonamides is 1. The normalized spacial score (nSPS) is 20.2. The maximum atomic E-state index is 12.5. The molecule has 116 valence electrons. The highest BCUT2D eigenvalue weighted by Gasteiger charge is 2.30. The number of nitrogen functional groups attached to an aromatic ring is 1. The minimum absolute atomic E-state index is 0.0708. The minimum Gasteiger partial charge on any atom is -0.318 e. The van der Waals surface area contributed by atoms with E-state index in [0.717, 1.165) is 6.07 Å². The average Bonchev–Trinajstić information content (AvgIpc) is 2.46. The first-order valence-corrected chi connectivity index (χ1v) is 8.72. The van der Waals surface area contributed by atoms with Gasteiger partial charge in [0.05, 0.1) is 9.82 Å². The number of nitrogens with two attached hydrogens (primary N) is 1. The van der Waals surface area contributed by atoms with E-state index in [-0.39, 0.29) is 21.5 Å². The van der Waals surface area contributed by atoms with E-state index < -0.39 is 14.9 Å². The van der Waals surface area contributed by atoms with Gasteiger partial charge < -0.3 is 5.43 Å². The Morgan fingerprint density at radius 3 is 2.81 bits per heavy atom. The maximum Gasteiger partial charge on any atom is 0.294 e. The molecule has 1 aromatic rings. The molecular weight excluding hydrogens is 316 g/mol. The van der Waals surface area contributed by atoms with Crippen LogP contribution in [0.3, 0.4) is 0 Å². The second-order valence-electron chi connectivity index (χ2n) is 4.62. The number of benzene rings is 1. The molecule has 2 rings (SSSR count). The second kappa shape index (κ2) is 6.18. The number of hydrazine groups is 1. The van der Waals surface area contributed by atoms with E-state index in [1.807, 2.05) is 6.92 Å². The van der Waals surface area contributed by atoms with E-state index in [2.05, 4.69) is 5.43 Å². The smallest absolute Gasteiger partial charge is 0.294 e. The van der Waals surface area contributed by atoms with E-state index in [4.69, 9.17) is 5.84 Å². The van der Waals surface area contributed by atoms with Gasteiger partial charge in [0, 0.05) is 30.2 Å². The maximum absolute atomic E-state index is 12.5. The Hall–Kier alpha value is -1.36. The molecule has 1 fully saturated rings. The highest BCUT2D eigenvalue weighted by molar-refractivity contribution is 8.00. The van der Waals surface area contributed by atoms with Crippen LogP contribution in [-0.4, -0.2) is 41.7 Å². The lowest BCUT2D eigenvalue weighted by atomic mass is 10.3. The molecule has 1 atom stereocenters. The number of hydrogen-bond donors (Lipinski definition) is 2. The first-order chi connectivity index (χ1) is 9.86. The third-order valence-electron chi connectivity index (χ3n) is 3.16. The molecule has 0 spiro atoms. The van der Waals surface area contributed by atoms with Gasteiger partial charge in [0.2, 0.25) is 10.0 Å². The topological polar surface area (TPSA) is 119 Å². The third-order valence-corrected chi connectivity index (χ3v) is 6.16. The van der Waals surface area contributed by atoms with Crippen molar-refractivity contribution in [2.75, 3.05) is 24.3 Å². The van der Waals surface area contributed by atoms with Crippen LogP contribution >= 0.6 is 11.8 Å². The Bertz CT molecular complexity index is 650. The van der Waals surface area contributed by atoms with Crippen molar-refractivity contribution in [3.63, 3.8) is 0 Å². The van der Waals surface area contributed by atoms with Crippen molar-refractivity contribution in [3.05, 3.63) is 28.3 Å². The van der Waals surface area contributed by atoms with Gasteiger partial charge in [-0.15, -0.1) is 0 Å². The first kappa shape index (κ1) is 16.0. The first-order valence-electron chi connectivity index (χ1n) is 6.23. The third kappa shape index (κ3) is 3.28. The van der Waals surface area contributed by atoms with Crippen molar-refractivity contribution >= 4 is 33.2 Å². The second-order valence-corrected chi connectivity index (χ2v) is 8.11. The van der Waals surface area contributed by atoms with Crippen LogP contribution in [0.1, 0.15) is 6.92 Å². The van der Waals surface area contributed by atoms with Crippen LogP contribution in [0.5, 0.6) is 0 Å². The highest BCUT2D eigenvalue weighted by atomic mass is 32.2. The van der Waals surface area contributed by atoms with Crippen LogP contribution < -0.4 is 11.3 Å². The number of thioether (sulfide) groups is 1. The van der Waals surface area contributed by atoms with Crippen molar-refractivity contribution < 1.29 is 13.3 Å². The summed E-state index contributed by atoms with van der Waals surface area (Å²) in [5.74, 6) is 5.90. The summed E-state index contributed by atoms with van der Waals surface area (Å²) >= 11 is 1.71. The molecule has 8 nitrogen and oxygen atoms in total. The van der Waals surface area contributed by atoms with Gasteiger partial charge in [-0.25, -0.2) is 8.42 Å². The van der Waals surface area contributed by atoms with Crippen molar-refractivity contribution in [3.8, 4) is 0 Å².